The number of pyridine rings is 1. The lowest BCUT2D eigenvalue weighted by Crippen LogP contribution is -2.31. The van der Waals surface area contributed by atoms with Gasteiger partial charge in [-0.25, -0.2) is 13.4 Å². The van der Waals surface area contributed by atoms with E-state index < -0.39 is 21.8 Å². The Morgan fingerprint density at radius 2 is 1.74 bits per heavy atom. The van der Waals surface area contributed by atoms with Crippen molar-refractivity contribution in [3.8, 4) is 0 Å². The van der Waals surface area contributed by atoms with E-state index in [0.717, 1.165) is 11.8 Å². The van der Waals surface area contributed by atoms with Crippen LogP contribution in [0.1, 0.15) is 24.2 Å². The number of imide groups is 1. The van der Waals surface area contributed by atoms with E-state index in [-0.39, 0.29) is 10.6 Å². The number of nitrogens with zero attached hydrogens (tertiary/aromatic N) is 2. The van der Waals surface area contributed by atoms with Crippen molar-refractivity contribution in [2.75, 3.05) is 18.8 Å². The van der Waals surface area contributed by atoms with Crippen LogP contribution in [0.5, 0.6) is 0 Å². The fraction of sp³-hybridized carbons (Fsp3) is 0.278. The standard InChI is InChI=1S/C18H21N3O4S2/c1-3-21(4-2)27(24,25)15-10-11-17(19-12-15)26-13-16(22)20-18(23)14-8-6-5-7-9-14/h5-12H,3-4,13H2,1-2H3,(H,20,22,23). The monoisotopic (exact) mass is 407 g/mol. The summed E-state index contributed by atoms with van der Waals surface area (Å²) in [5.74, 6) is -0.918. The van der Waals surface area contributed by atoms with Crippen molar-refractivity contribution < 1.29 is 18.0 Å². The van der Waals surface area contributed by atoms with Gasteiger partial charge in [-0.05, 0) is 24.3 Å². The average Bonchev–Trinajstić information content (AvgIpc) is 2.68. The van der Waals surface area contributed by atoms with Gasteiger partial charge in [0.05, 0.1) is 10.8 Å². The summed E-state index contributed by atoms with van der Waals surface area (Å²) >= 11 is 1.12. The predicted octanol–water partition coefficient (Wildman–Crippen LogP) is 2.16. The van der Waals surface area contributed by atoms with E-state index in [1.165, 1.54) is 16.6 Å². The molecular formula is C18H21N3O4S2. The topological polar surface area (TPSA) is 96.4 Å². The van der Waals surface area contributed by atoms with Crippen molar-refractivity contribution in [3.63, 3.8) is 0 Å². The maximum atomic E-state index is 12.4. The number of sulfonamides is 1. The maximum Gasteiger partial charge on any atom is 0.257 e. The first-order valence-electron chi connectivity index (χ1n) is 8.36. The van der Waals surface area contributed by atoms with Gasteiger partial charge in [0.1, 0.15) is 4.90 Å². The summed E-state index contributed by atoms with van der Waals surface area (Å²) in [7, 11) is -3.56. The first-order valence-corrected chi connectivity index (χ1v) is 10.8. The van der Waals surface area contributed by atoms with E-state index in [0.29, 0.717) is 23.7 Å². The SMILES string of the molecule is CCN(CC)S(=O)(=O)c1ccc(SCC(=O)NC(=O)c2ccccc2)nc1. The van der Waals surface area contributed by atoms with Crippen LogP contribution in [0, 0.1) is 0 Å². The maximum absolute atomic E-state index is 12.4. The van der Waals surface area contributed by atoms with Crippen LogP contribution in [-0.2, 0) is 14.8 Å². The summed E-state index contributed by atoms with van der Waals surface area (Å²) in [6.45, 7) is 4.30. The molecule has 0 aliphatic rings. The fourth-order valence-electron chi connectivity index (χ4n) is 2.28. The third-order valence-corrected chi connectivity index (χ3v) is 6.67. The Morgan fingerprint density at radius 3 is 2.30 bits per heavy atom. The van der Waals surface area contributed by atoms with Gasteiger partial charge in [-0.1, -0.05) is 43.8 Å². The summed E-state index contributed by atoms with van der Waals surface area (Å²) < 4.78 is 26.2. The second-order valence-corrected chi connectivity index (χ2v) is 8.39. The summed E-state index contributed by atoms with van der Waals surface area (Å²) in [6.07, 6.45) is 1.28. The number of hydrogen-bond donors (Lipinski definition) is 1. The number of rotatable bonds is 8. The van der Waals surface area contributed by atoms with Gasteiger partial charge in [-0.2, -0.15) is 4.31 Å². The minimum atomic E-state index is -3.56. The van der Waals surface area contributed by atoms with E-state index >= 15 is 0 Å². The molecule has 2 rings (SSSR count). The largest absolute Gasteiger partial charge is 0.292 e. The van der Waals surface area contributed by atoms with Crippen LogP contribution in [0.3, 0.4) is 0 Å². The minimum Gasteiger partial charge on any atom is -0.292 e. The zero-order valence-corrected chi connectivity index (χ0v) is 16.7. The number of thioether (sulfide) groups is 1. The van der Waals surface area contributed by atoms with Gasteiger partial charge < -0.3 is 0 Å². The Morgan fingerprint density at radius 1 is 1.07 bits per heavy atom. The average molecular weight is 408 g/mol. The molecule has 0 bridgehead atoms. The van der Waals surface area contributed by atoms with Crippen molar-refractivity contribution >= 4 is 33.6 Å². The molecule has 0 aliphatic heterocycles. The number of nitrogens with one attached hydrogen (secondary N) is 1. The Balaban J connectivity index is 1.93. The molecule has 0 saturated carbocycles. The van der Waals surface area contributed by atoms with Crippen LogP contribution < -0.4 is 5.32 Å². The number of benzene rings is 1. The van der Waals surface area contributed by atoms with Gasteiger partial charge >= 0.3 is 0 Å². The number of carbonyl (C=O) groups is 2. The molecule has 2 amide bonds. The lowest BCUT2D eigenvalue weighted by Gasteiger charge is -2.18. The van der Waals surface area contributed by atoms with Crippen LogP contribution in [0.25, 0.3) is 0 Å². The molecule has 1 aromatic carbocycles. The molecule has 1 aromatic heterocycles. The highest BCUT2D eigenvalue weighted by Gasteiger charge is 2.21. The summed E-state index contributed by atoms with van der Waals surface area (Å²) in [4.78, 5) is 28.0. The van der Waals surface area contributed by atoms with Gasteiger partial charge in [-0.15, -0.1) is 0 Å². The van der Waals surface area contributed by atoms with E-state index in [2.05, 4.69) is 10.3 Å². The minimum absolute atomic E-state index is 0.00623. The smallest absolute Gasteiger partial charge is 0.257 e. The Labute approximate surface area is 163 Å². The third-order valence-electron chi connectivity index (χ3n) is 3.69. The number of hydrogen-bond acceptors (Lipinski definition) is 6. The third kappa shape index (κ3) is 5.62. The van der Waals surface area contributed by atoms with E-state index in [1.54, 1.807) is 50.2 Å². The lowest BCUT2D eigenvalue weighted by molar-refractivity contribution is -0.117. The molecular weight excluding hydrogens is 386 g/mol. The highest BCUT2D eigenvalue weighted by atomic mass is 32.2. The van der Waals surface area contributed by atoms with Crippen molar-refractivity contribution in [1.29, 1.82) is 0 Å². The summed E-state index contributed by atoms with van der Waals surface area (Å²) in [5, 5.41) is 2.80. The van der Waals surface area contributed by atoms with Crippen molar-refractivity contribution in [3.05, 3.63) is 54.2 Å². The quantitative estimate of drug-likeness (QED) is 0.674. The van der Waals surface area contributed by atoms with Crippen molar-refractivity contribution in [2.24, 2.45) is 0 Å². The molecule has 0 aliphatic carbocycles. The first-order chi connectivity index (χ1) is 12.9. The molecule has 0 unspecified atom stereocenters. The zero-order chi connectivity index (χ0) is 19.9. The highest BCUT2D eigenvalue weighted by molar-refractivity contribution is 7.99. The Bertz CT molecular complexity index is 881. The fourth-order valence-corrected chi connectivity index (χ4v) is 4.33. The molecule has 7 nitrogen and oxygen atoms in total. The highest BCUT2D eigenvalue weighted by Crippen LogP contribution is 2.19. The van der Waals surface area contributed by atoms with Gasteiger partial charge in [0, 0.05) is 24.8 Å². The van der Waals surface area contributed by atoms with Crippen LogP contribution in [0.2, 0.25) is 0 Å². The van der Waals surface area contributed by atoms with Gasteiger partial charge in [0.15, 0.2) is 0 Å². The normalized spacial score (nSPS) is 11.4. The van der Waals surface area contributed by atoms with E-state index in [4.69, 9.17) is 0 Å². The van der Waals surface area contributed by atoms with Gasteiger partial charge in [0.25, 0.3) is 5.91 Å². The molecule has 2 aromatic rings. The molecule has 0 spiro atoms. The molecule has 144 valence electrons. The van der Waals surface area contributed by atoms with Crippen LogP contribution >= 0.6 is 11.8 Å². The van der Waals surface area contributed by atoms with Gasteiger partial charge in [0.2, 0.25) is 15.9 Å². The molecule has 0 atom stereocenters. The molecule has 1 N–H and O–H groups in total. The van der Waals surface area contributed by atoms with E-state index in [1.807, 2.05) is 0 Å². The molecule has 0 saturated heterocycles. The molecule has 27 heavy (non-hydrogen) atoms. The summed E-state index contributed by atoms with van der Waals surface area (Å²) in [6, 6.07) is 11.5. The Hall–Kier alpha value is -2.23. The first kappa shape index (κ1) is 21.1. The van der Waals surface area contributed by atoms with Gasteiger partial charge in [-0.3, -0.25) is 14.9 Å². The number of carbonyl (C=O) groups excluding carboxylic acids is 2. The summed E-state index contributed by atoms with van der Waals surface area (Å²) in [5.41, 5.74) is 0.403. The van der Waals surface area contributed by atoms with Crippen LogP contribution in [-0.4, -0.2) is 48.4 Å². The molecule has 0 radical (unpaired) electrons. The van der Waals surface area contributed by atoms with Crippen molar-refractivity contribution in [1.82, 2.24) is 14.6 Å². The second-order valence-electron chi connectivity index (χ2n) is 5.45. The second kappa shape index (κ2) is 9.63. The predicted molar refractivity (Wildman–Crippen MR) is 104 cm³/mol. The van der Waals surface area contributed by atoms with Crippen LogP contribution in [0.15, 0.2) is 58.6 Å². The van der Waals surface area contributed by atoms with Crippen molar-refractivity contribution in [2.45, 2.75) is 23.8 Å². The Kier molecular flexibility index (Phi) is 7.52. The number of amides is 2. The molecule has 9 heteroatoms. The zero-order valence-electron chi connectivity index (χ0n) is 15.1. The van der Waals surface area contributed by atoms with E-state index in [9.17, 15) is 18.0 Å². The van der Waals surface area contributed by atoms with Crippen LogP contribution in [0.4, 0.5) is 0 Å². The lowest BCUT2D eigenvalue weighted by atomic mass is 10.2. The molecule has 0 fully saturated rings. The molecule has 1 heterocycles. The number of aromatic nitrogens is 1.